The summed E-state index contributed by atoms with van der Waals surface area (Å²) >= 11 is 9.28. The smallest absolute Gasteiger partial charge is 0.252 e. The lowest BCUT2D eigenvalue weighted by atomic mass is 10.1. The van der Waals surface area contributed by atoms with E-state index in [1.807, 2.05) is 25.1 Å². The summed E-state index contributed by atoms with van der Waals surface area (Å²) in [5, 5.41) is 2.97. The molecule has 1 aliphatic carbocycles. The Hall–Kier alpha value is -0.540. The van der Waals surface area contributed by atoms with E-state index in [0.717, 1.165) is 22.9 Å². The Kier molecular flexibility index (Phi) is 3.79. The second-order valence-electron chi connectivity index (χ2n) is 4.80. The number of alkyl halides is 1. The minimum Gasteiger partial charge on any atom is -0.351 e. The molecule has 1 amide bonds. The first-order valence-corrected chi connectivity index (χ1v) is 6.99. The maximum absolute atomic E-state index is 12.0. The van der Waals surface area contributed by atoms with Crippen molar-refractivity contribution in [3.63, 3.8) is 0 Å². The van der Waals surface area contributed by atoms with Crippen molar-refractivity contribution in [2.45, 2.75) is 19.8 Å². The molecule has 1 fully saturated rings. The predicted molar refractivity (Wildman–Crippen MR) is 73.6 cm³/mol. The average molecular weight is 317 g/mol. The lowest BCUT2D eigenvalue weighted by molar-refractivity contribution is 0.0945. The van der Waals surface area contributed by atoms with Crippen LogP contribution in [0, 0.1) is 12.3 Å². The van der Waals surface area contributed by atoms with Crippen molar-refractivity contribution in [2.75, 3.05) is 12.4 Å². The van der Waals surface area contributed by atoms with E-state index in [1.165, 1.54) is 0 Å². The van der Waals surface area contributed by atoms with Crippen LogP contribution in [0.5, 0.6) is 0 Å². The first-order chi connectivity index (χ1) is 8.06. The summed E-state index contributed by atoms with van der Waals surface area (Å²) in [6, 6.07) is 5.76. The highest BCUT2D eigenvalue weighted by atomic mass is 79.9. The third-order valence-electron chi connectivity index (χ3n) is 3.23. The predicted octanol–water partition coefficient (Wildman–Crippen LogP) is 3.51. The first kappa shape index (κ1) is 12.9. The standard InChI is InChI=1S/C13H15BrClNO/c1-9-2-3-11(14)10(6-9)12(17)16-8-13(7-15)4-5-13/h2-3,6H,4-5,7-8H2,1H3,(H,16,17). The minimum atomic E-state index is -0.0306. The van der Waals surface area contributed by atoms with E-state index in [9.17, 15) is 4.79 Å². The molecule has 1 aromatic rings. The van der Waals surface area contributed by atoms with Crippen molar-refractivity contribution in [1.29, 1.82) is 0 Å². The molecule has 1 aromatic carbocycles. The third kappa shape index (κ3) is 3.02. The van der Waals surface area contributed by atoms with E-state index in [0.29, 0.717) is 18.0 Å². The van der Waals surface area contributed by atoms with Gasteiger partial charge >= 0.3 is 0 Å². The molecule has 0 radical (unpaired) electrons. The lowest BCUT2D eigenvalue weighted by Gasteiger charge is -2.13. The summed E-state index contributed by atoms with van der Waals surface area (Å²) in [7, 11) is 0. The van der Waals surface area contributed by atoms with Crippen molar-refractivity contribution in [3.8, 4) is 0 Å². The summed E-state index contributed by atoms with van der Waals surface area (Å²) in [5.41, 5.74) is 1.93. The van der Waals surface area contributed by atoms with Crippen LogP contribution in [0.15, 0.2) is 22.7 Å². The first-order valence-electron chi connectivity index (χ1n) is 5.67. The second kappa shape index (κ2) is 4.99. The third-order valence-corrected chi connectivity index (χ3v) is 4.49. The molecule has 2 rings (SSSR count). The van der Waals surface area contributed by atoms with Crippen LogP contribution in [0.4, 0.5) is 0 Å². The average Bonchev–Trinajstić information content (AvgIpc) is 3.10. The van der Waals surface area contributed by atoms with E-state index in [2.05, 4.69) is 21.2 Å². The molecular weight excluding hydrogens is 302 g/mol. The number of carbonyl (C=O) groups excluding carboxylic acids is 1. The Bertz CT molecular complexity index is 443. The zero-order valence-corrected chi connectivity index (χ0v) is 12.1. The zero-order valence-electron chi connectivity index (χ0n) is 9.72. The number of rotatable bonds is 4. The topological polar surface area (TPSA) is 29.1 Å². The van der Waals surface area contributed by atoms with Crippen LogP contribution in [0.2, 0.25) is 0 Å². The monoisotopic (exact) mass is 315 g/mol. The molecule has 0 spiro atoms. The fourth-order valence-corrected chi connectivity index (χ4v) is 2.50. The number of halogens is 2. The van der Waals surface area contributed by atoms with E-state index < -0.39 is 0 Å². The van der Waals surface area contributed by atoms with Crippen LogP contribution in [-0.2, 0) is 0 Å². The van der Waals surface area contributed by atoms with Gasteiger partial charge < -0.3 is 5.32 Å². The highest BCUT2D eigenvalue weighted by Gasteiger charge is 2.41. The van der Waals surface area contributed by atoms with Gasteiger partial charge in [-0.3, -0.25) is 4.79 Å². The number of hydrogen-bond donors (Lipinski definition) is 1. The van der Waals surface area contributed by atoms with Crippen molar-refractivity contribution < 1.29 is 4.79 Å². The van der Waals surface area contributed by atoms with Gasteiger partial charge in [0.2, 0.25) is 0 Å². The molecule has 1 N–H and O–H groups in total. The SMILES string of the molecule is Cc1ccc(Br)c(C(=O)NCC2(CCl)CC2)c1. The summed E-state index contributed by atoms with van der Waals surface area (Å²) in [6.45, 7) is 2.65. The number of hydrogen-bond acceptors (Lipinski definition) is 1. The molecule has 92 valence electrons. The van der Waals surface area contributed by atoms with Crippen LogP contribution in [0.1, 0.15) is 28.8 Å². The van der Waals surface area contributed by atoms with E-state index >= 15 is 0 Å². The molecule has 17 heavy (non-hydrogen) atoms. The van der Waals surface area contributed by atoms with Crippen LogP contribution in [0.3, 0.4) is 0 Å². The molecule has 0 unspecified atom stereocenters. The minimum absolute atomic E-state index is 0.0306. The Morgan fingerprint density at radius 2 is 2.24 bits per heavy atom. The molecule has 0 saturated heterocycles. The van der Waals surface area contributed by atoms with Gasteiger partial charge in [0, 0.05) is 22.3 Å². The van der Waals surface area contributed by atoms with Crippen molar-refractivity contribution in [3.05, 3.63) is 33.8 Å². The molecule has 0 aliphatic heterocycles. The number of carbonyl (C=O) groups is 1. The molecule has 0 aromatic heterocycles. The van der Waals surface area contributed by atoms with Gasteiger partial charge in [-0.15, -0.1) is 11.6 Å². The van der Waals surface area contributed by atoms with Gasteiger partial charge in [0.05, 0.1) is 5.56 Å². The Morgan fingerprint density at radius 3 is 2.82 bits per heavy atom. The van der Waals surface area contributed by atoms with Gasteiger partial charge in [-0.2, -0.15) is 0 Å². The molecule has 4 heteroatoms. The van der Waals surface area contributed by atoms with Crippen molar-refractivity contribution >= 4 is 33.4 Å². The highest BCUT2D eigenvalue weighted by Crippen LogP contribution is 2.45. The van der Waals surface area contributed by atoms with Crippen LogP contribution in [-0.4, -0.2) is 18.3 Å². The summed E-state index contributed by atoms with van der Waals surface area (Å²) in [4.78, 5) is 12.0. The largest absolute Gasteiger partial charge is 0.351 e. The number of nitrogens with one attached hydrogen (secondary N) is 1. The van der Waals surface area contributed by atoms with E-state index in [4.69, 9.17) is 11.6 Å². The molecule has 1 aliphatic rings. The fraction of sp³-hybridized carbons (Fsp3) is 0.462. The molecule has 0 heterocycles. The van der Waals surface area contributed by atoms with Crippen LogP contribution in [0.25, 0.3) is 0 Å². The van der Waals surface area contributed by atoms with Gasteiger partial charge in [-0.25, -0.2) is 0 Å². The van der Waals surface area contributed by atoms with Crippen LogP contribution < -0.4 is 5.32 Å². The van der Waals surface area contributed by atoms with Crippen LogP contribution >= 0.6 is 27.5 Å². The molecule has 0 atom stereocenters. The Balaban J connectivity index is 2.02. The van der Waals surface area contributed by atoms with Crippen molar-refractivity contribution in [2.24, 2.45) is 5.41 Å². The maximum atomic E-state index is 12.0. The van der Waals surface area contributed by atoms with E-state index in [1.54, 1.807) is 0 Å². The number of amides is 1. The summed E-state index contributed by atoms with van der Waals surface area (Å²) in [5.74, 6) is 0.597. The van der Waals surface area contributed by atoms with Gasteiger partial charge in [-0.1, -0.05) is 11.6 Å². The van der Waals surface area contributed by atoms with Gasteiger partial charge in [-0.05, 0) is 47.8 Å². The highest BCUT2D eigenvalue weighted by molar-refractivity contribution is 9.10. The lowest BCUT2D eigenvalue weighted by Crippen LogP contribution is -2.31. The number of benzene rings is 1. The molecular formula is C13H15BrClNO. The quantitative estimate of drug-likeness (QED) is 0.846. The molecule has 0 bridgehead atoms. The van der Waals surface area contributed by atoms with Crippen molar-refractivity contribution in [1.82, 2.24) is 5.32 Å². The maximum Gasteiger partial charge on any atom is 0.252 e. The van der Waals surface area contributed by atoms with Gasteiger partial charge in [0.1, 0.15) is 0 Å². The second-order valence-corrected chi connectivity index (χ2v) is 5.92. The number of aryl methyl sites for hydroxylation is 1. The van der Waals surface area contributed by atoms with Gasteiger partial charge in [0.15, 0.2) is 0 Å². The summed E-state index contributed by atoms with van der Waals surface area (Å²) < 4.78 is 0.830. The van der Waals surface area contributed by atoms with Gasteiger partial charge in [0.25, 0.3) is 5.91 Å². The fourth-order valence-electron chi connectivity index (χ4n) is 1.71. The Morgan fingerprint density at radius 1 is 1.53 bits per heavy atom. The zero-order chi connectivity index (χ0) is 12.5. The Labute approximate surface area is 115 Å². The molecule has 1 saturated carbocycles. The normalized spacial score (nSPS) is 16.6. The molecule has 2 nitrogen and oxygen atoms in total. The summed E-state index contributed by atoms with van der Waals surface area (Å²) in [6.07, 6.45) is 2.23. The van der Waals surface area contributed by atoms with E-state index in [-0.39, 0.29) is 11.3 Å².